The van der Waals surface area contributed by atoms with Crippen molar-refractivity contribution in [3.8, 4) is 0 Å². The van der Waals surface area contributed by atoms with Crippen LogP contribution in [0.15, 0.2) is 0 Å². The highest BCUT2D eigenvalue weighted by atomic mass is 16.6. The van der Waals surface area contributed by atoms with Crippen LogP contribution in [0.3, 0.4) is 0 Å². The van der Waals surface area contributed by atoms with E-state index in [2.05, 4.69) is 23.8 Å². The molecule has 1 amide bonds. The molecule has 0 radical (unpaired) electrons. The van der Waals surface area contributed by atoms with E-state index in [1.165, 1.54) is 0 Å². The molecule has 5 heteroatoms. The largest absolute Gasteiger partial charge is 0.444 e. The molecule has 0 aliphatic carbocycles. The normalized spacial score (nSPS) is 19.7. The fraction of sp³-hybridized carbons (Fsp3) is 0.750. The van der Waals surface area contributed by atoms with E-state index >= 15 is 0 Å². The third-order valence-electron chi connectivity index (χ3n) is 3.80. The maximum absolute atomic E-state index is 12.2. The van der Waals surface area contributed by atoms with E-state index in [1.807, 2.05) is 25.7 Å². The molecule has 0 saturated carbocycles. The van der Waals surface area contributed by atoms with Crippen LogP contribution in [0.25, 0.3) is 0 Å². The monoisotopic (exact) mass is 293 g/mol. The molecule has 5 nitrogen and oxygen atoms in total. The first kappa shape index (κ1) is 15.9. The van der Waals surface area contributed by atoms with Gasteiger partial charge < -0.3 is 14.6 Å². The maximum atomic E-state index is 12.2. The van der Waals surface area contributed by atoms with Crippen LogP contribution in [0.2, 0.25) is 0 Å². The molecule has 0 spiro atoms. The molecule has 1 aromatic heterocycles. The second kappa shape index (κ2) is 6.08. The molecule has 1 N–H and O–H groups in total. The summed E-state index contributed by atoms with van der Waals surface area (Å²) in [6.07, 6.45) is 2.77. The number of carbonyl (C=O) groups excluding carboxylic acids is 1. The summed E-state index contributed by atoms with van der Waals surface area (Å²) in [6.45, 7) is 11.3. The highest BCUT2D eigenvalue weighted by Crippen LogP contribution is 2.27. The van der Waals surface area contributed by atoms with Gasteiger partial charge in [-0.1, -0.05) is 6.92 Å². The number of amides is 1. The number of aromatic amines is 1. The molecule has 1 saturated heterocycles. The molecular weight excluding hydrogens is 266 g/mol. The molecule has 21 heavy (non-hydrogen) atoms. The van der Waals surface area contributed by atoms with Gasteiger partial charge in [-0.15, -0.1) is 0 Å². The fourth-order valence-electron chi connectivity index (χ4n) is 2.75. The Morgan fingerprint density at radius 3 is 2.76 bits per heavy atom. The quantitative estimate of drug-likeness (QED) is 0.909. The molecule has 1 aliphatic heterocycles. The third-order valence-corrected chi connectivity index (χ3v) is 3.80. The number of nitrogens with zero attached hydrogens (tertiary/aromatic N) is 2. The smallest absolute Gasteiger partial charge is 0.410 e. The van der Waals surface area contributed by atoms with Gasteiger partial charge in [-0.05, 0) is 47.0 Å². The molecule has 1 atom stereocenters. The van der Waals surface area contributed by atoms with E-state index in [0.29, 0.717) is 6.54 Å². The fourth-order valence-corrected chi connectivity index (χ4v) is 2.75. The highest BCUT2D eigenvalue weighted by molar-refractivity contribution is 5.68. The number of likely N-dealkylation sites (tertiary alicyclic amines) is 1. The third kappa shape index (κ3) is 3.99. The van der Waals surface area contributed by atoms with E-state index in [9.17, 15) is 4.79 Å². The van der Waals surface area contributed by atoms with Crippen LogP contribution in [-0.2, 0) is 11.2 Å². The minimum atomic E-state index is -0.444. The highest BCUT2D eigenvalue weighted by Gasteiger charge is 2.29. The Morgan fingerprint density at radius 2 is 2.19 bits per heavy atom. The molecule has 0 bridgehead atoms. The van der Waals surface area contributed by atoms with Crippen molar-refractivity contribution in [2.45, 2.75) is 65.4 Å². The van der Waals surface area contributed by atoms with Crippen LogP contribution in [0.5, 0.6) is 0 Å². The number of carbonyl (C=O) groups is 1. The number of rotatable bonds is 2. The molecule has 0 aromatic carbocycles. The van der Waals surface area contributed by atoms with Gasteiger partial charge in [0, 0.05) is 24.7 Å². The summed E-state index contributed by atoms with van der Waals surface area (Å²) in [5, 5.41) is 0. The van der Waals surface area contributed by atoms with Crippen molar-refractivity contribution in [3.63, 3.8) is 0 Å². The summed E-state index contributed by atoms with van der Waals surface area (Å²) < 4.78 is 5.47. The number of H-pyrrole nitrogens is 1. The van der Waals surface area contributed by atoms with Gasteiger partial charge in [0.15, 0.2) is 0 Å². The Balaban J connectivity index is 2.04. The summed E-state index contributed by atoms with van der Waals surface area (Å²) in [6, 6.07) is 0. The van der Waals surface area contributed by atoms with Crippen molar-refractivity contribution >= 4 is 6.09 Å². The SMILES string of the molecule is CCc1nc(C2CCCN(C(=O)OC(C)(C)C)C2)[nH]c1C. The maximum Gasteiger partial charge on any atom is 0.410 e. The standard InChI is InChI=1S/C16H27N3O2/c1-6-13-11(2)17-14(18-13)12-8-7-9-19(10-12)15(20)21-16(3,4)5/h12H,6-10H2,1-5H3,(H,17,18). The van der Waals surface area contributed by atoms with Crippen molar-refractivity contribution in [2.75, 3.05) is 13.1 Å². The first-order chi connectivity index (χ1) is 9.80. The number of piperidine rings is 1. The van der Waals surface area contributed by atoms with Crippen molar-refractivity contribution in [1.29, 1.82) is 0 Å². The minimum absolute atomic E-state index is 0.216. The lowest BCUT2D eigenvalue weighted by atomic mass is 9.98. The molecule has 1 aromatic rings. The van der Waals surface area contributed by atoms with Crippen molar-refractivity contribution in [3.05, 3.63) is 17.2 Å². The summed E-state index contributed by atoms with van der Waals surface area (Å²) in [5.74, 6) is 1.29. The van der Waals surface area contributed by atoms with Gasteiger partial charge in [-0.25, -0.2) is 9.78 Å². The lowest BCUT2D eigenvalue weighted by Crippen LogP contribution is -2.42. The summed E-state index contributed by atoms with van der Waals surface area (Å²) >= 11 is 0. The molecule has 1 aliphatic rings. The molecular formula is C16H27N3O2. The average Bonchev–Trinajstić information content (AvgIpc) is 2.78. The van der Waals surface area contributed by atoms with Crippen molar-refractivity contribution < 1.29 is 9.53 Å². The zero-order chi connectivity index (χ0) is 15.6. The molecule has 1 unspecified atom stereocenters. The number of aryl methyl sites for hydroxylation is 2. The number of aromatic nitrogens is 2. The van der Waals surface area contributed by atoms with Gasteiger partial charge in [0.2, 0.25) is 0 Å². The Morgan fingerprint density at radius 1 is 1.48 bits per heavy atom. The van der Waals surface area contributed by atoms with E-state index in [1.54, 1.807) is 0 Å². The topological polar surface area (TPSA) is 58.2 Å². The second-order valence-corrected chi connectivity index (χ2v) is 6.81. The van der Waals surface area contributed by atoms with Crippen molar-refractivity contribution in [2.24, 2.45) is 0 Å². The molecule has 2 heterocycles. The van der Waals surface area contributed by atoms with Crippen LogP contribution in [0.1, 0.15) is 63.7 Å². The number of hydrogen-bond acceptors (Lipinski definition) is 3. The van der Waals surface area contributed by atoms with E-state index in [0.717, 1.165) is 43.0 Å². The van der Waals surface area contributed by atoms with Gasteiger partial charge in [-0.2, -0.15) is 0 Å². The Bertz CT molecular complexity index is 502. The van der Waals surface area contributed by atoms with E-state index in [4.69, 9.17) is 4.74 Å². The van der Waals surface area contributed by atoms with Gasteiger partial charge >= 0.3 is 6.09 Å². The average molecular weight is 293 g/mol. The summed E-state index contributed by atoms with van der Waals surface area (Å²) in [5.41, 5.74) is 1.82. The van der Waals surface area contributed by atoms with Gasteiger partial charge in [-0.3, -0.25) is 0 Å². The zero-order valence-corrected chi connectivity index (χ0v) is 13.8. The Labute approximate surface area is 127 Å². The van der Waals surface area contributed by atoms with Gasteiger partial charge in [0.1, 0.15) is 11.4 Å². The number of hydrogen-bond donors (Lipinski definition) is 1. The first-order valence-electron chi connectivity index (χ1n) is 7.83. The van der Waals surface area contributed by atoms with Crippen LogP contribution in [0, 0.1) is 6.92 Å². The zero-order valence-electron chi connectivity index (χ0n) is 13.8. The molecule has 1 fully saturated rings. The molecule has 118 valence electrons. The van der Waals surface area contributed by atoms with E-state index < -0.39 is 5.60 Å². The lowest BCUT2D eigenvalue weighted by molar-refractivity contribution is 0.0196. The number of ether oxygens (including phenoxy) is 1. The van der Waals surface area contributed by atoms with Crippen molar-refractivity contribution in [1.82, 2.24) is 14.9 Å². The number of imidazole rings is 1. The van der Waals surface area contributed by atoms with Crippen LogP contribution in [-0.4, -0.2) is 39.7 Å². The number of nitrogens with one attached hydrogen (secondary N) is 1. The van der Waals surface area contributed by atoms with Crippen LogP contribution >= 0.6 is 0 Å². The first-order valence-corrected chi connectivity index (χ1v) is 7.83. The minimum Gasteiger partial charge on any atom is -0.444 e. The predicted octanol–water partition coefficient (Wildman–Crippen LogP) is 3.40. The van der Waals surface area contributed by atoms with Gasteiger partial charge in [0.05, 0.1) is 5.69 Å². The lowest BCUT2D eigenvalue weighted by Gasteiger charge is -2.33. The molecule has 2 rings (SSSR count). The van der Waals surface area contributed by atoms with Crippen LogP contribution < -0.4 is 0 Å². The van der Waals surface area contributed by atoms with E-state index in [-0.39, 0.29) is 12.0 Å². The van der Waals surface area contributed by atoms with Crippen LogP contribution in [0.4, 0.5) is 4.79 Å². The predicted molar refractivity (Wildman–Crippen MR) is 82.5 cm³/mol. The Kier molecular flexibility index (Phi) is 4.59. The van der Waals surface area contributed by atoms with Gasteiger partial charge in [0.25, 0.3) is 0 Å². The summed E-state index contributed by atoms with van der Waals surface area (Å²) in [4.78, 5) is 22.1. The Hall–Kier alpha value is -1.52. The summed E-state index contributed by atoms with van der Waals surface area (Å²) in [7, 11) is 0. The second-order valence-electron chi connectivity index (χ2n) is 6.81.